The van der Waals surface area contributed by atoms with E-state index in [9.17, 15) is 4.79 Å². The fraction of sp³-hybridized carbons (Fsp3) is 0.467. The van der Waals surface area contributed by atoms with Gasteiger partial charge in [-0.1, -0.05) is 32.0 Å². The minimum absolute atomic E-state index is 0.0195. The van der Waals surface area contributed by atoms with Gasteiger partial charge in [-0.05, 0) is 18.4 Å². The van der Waals surface area contributed by atoms with E-state index in [0.29, 0.717) is 18.2 Å². The molecule has 1 unspecified atom stereocenters. The van der Waals surface area contributed by atoms with Crippen LogP contribution in [0.25, 0.3) is 10.9 Å². The Morgan fingerprint density at radius 1 is 1.40 bits per heavy atom. The number of nitrogens with two attached hydrogens (primary N) is 1. The fourth-order valence-corrected chi connectivity index (χ4v) is 2.38. The van der Waals surface area contributed by atoms with E-state index in [1.54, 1.807) is 4.68 Å². The molecule has 5 nitrogen and oxygen atoms in total. The lowest BCUT2D eigenvalue weighted by molar-refractivity contribution is 0.0946. The summed E-state index contributed by atoms with van der Waals surface area (Å²) in [4.78, 5) is 12.2. The lowest BCUT2D eigenvalue weighted by Crippen LogP contribution is -2.38. The van der Waals surface area contributed by atoms with Crippen molar-refractivity contribution >= 4 is 16.8 Å². The summed E-state index contributed by atoms with van der Waals surface area (Å²) in [6.07, 6.45) is 0.892. The fourth-order valence-electron chi connectivity index (χ4n) is 2.38. The molecular weight excluding hydrogens is 252 g/mol. The van der Waals surface area contributed by atoms with Gasteiger partial charge in [0.1, 0.15) is 0 Å². The maximum Gasteiger partial charge on any atom is 0.272 e. The van der Waals surface area contributed by atoms with Crippen LogP contribution in [0.2, 0.25) is 0 Å². The number of carbonyl (C=O) groups is 1. The van der Waals surface area contributed by atoms with Crippen LogP contribution in [0.1, 0.15) is 30.8 Å². The van der Waals surface area contributed by atoms with E-state index in [1.165, 1.54) is 0 Å². The molecule has 1 amide bonds. The number of para-hydroxylation sites is 1. The minimum atomic E-state index is -0.166. The zero-order valence-corrected chi connectivity index (χ0v) is 12.3. The smallest absolute Gasteiger partial charge is 0.272 e. The molecule has 0 radical (unpaired) electrons. The van der Waals surface area contributed by atoms with Crippen LogP contribution >= 0.6 is 0 Å². The summed E-state index contributed by atoms with van der Waals surface area (Å²) >= 11 is 0. The summed E-state index contributed by atoms with van der Waals surface area (Å²) in [5, 5.41) is 8.03. The summed E-state index contributed by atoms with van der Waals surface area (Å²) in [5.41, 5.74) is 7.38. The largest absolute Gasteiger partial charge is 0.349 e. The standard InChI is InChI=1S/C15H22N4O/c1-10(2)8-11(16)9-17-15(20)14-12-6-4-5-7-13(12)19(3)18-14/h4-7,10-11H,8-9,16H2,1-3H3,(H,17,20). The van der Waals surface area contributed by atoms with Crippen molar-refractivity contribution in [3.63, 3.8) is 0 Å². The molecule has 0 saturated carbocycles. The average Bonchev–Trinajstić information content (AvgIpc) is 2.73. The van der Waals surface area contributed by atoms with Gasteiger partial charge in [-0.25, -0.2) is 0 Å². The summed E-state index contributed by atoms with van der Waals surface area (Å²) in [6, 6.07) is 7.68. The number of amides is 1. The number of hydrogen-bond donors (Lipinski definition) is 2. The Hall–Kier alpha value is -1.88. The van der Waals surface area contributed by atoms with Crippen molar-refractivity contribution in [2.45, 2.75) is 26.3 Å². The van der Waals surface area contributed by atoms with Crippen LogP contribution in [0.15, 0.2) is 24.3 Å². The van der Waals surface area contributed by atoms with Crippen LogP contribution in [-0.4, -0.2) is 28.3 Å². The van der Waals surface area contributed by atoms with Gasteiger partial charge in [-0.15, -0.1) is 0 Å². The van der Waals surface area contributed by atoms with Crippen molar-refractivity contribution in [1.29, 1.82) is 0 Å². The van der Waals surface area contributed by atoms with Crippen LogP contribution in [0.5, 0.6) is 0 Å². The van der Waals surface area contributed by atoms with E-state index in [2.05, 4.69) is 24.3 Å². The summed E-state index contributed by atoms with van der Waals surface area (Å²) < 4.78 is 1.72. The molecule has 0 bridgehead atoms. The van der Waals surface area contributed by atoms with Crippen molar-refractivity contribution in [2.75, 3.05) is 6.54 Å². The topological polar surface area (TPSA) is 72.9 Å². The molecule has 20 heavy (non-hydrogen) atoms. The predicted molar refractivity (Wildman–Crippen MR) is 80.5 cm³/mol. The second kappa shape index (κ2) is 6.05. The van der Waals surface area contributed by atoms with Gasteiger partial charge in [0.15, 0.2) is 5.69 Å². The molecule has 1 atom stereocenters. The maximum atomic E-state index is 12.2. The third kappa shape index (κ3) is 3.17. The molecule has 0 aliphatic carbocycles. The van der Waals surface area contributed by atoms with E-state index in [-0.39, 0.29) is 11.9 Å². The predicted octanol–water partition coefficient (Wildman–Crippen LogP) is 1.68. The Morgan fingerprint density at radius 3 is 2.80 bits per heavy atom. The van der Waals surface area contributed by atoms with Crippen molar-refractivity contribution in [1.82, 2.24) is 15.1 Å². The molecule has 1 heterocycles. The number of hydrogen-bond acceptors (Lipinski definition) is 3. The maximum absolute atomic E-state index is 12.2. The van der Waals surface area contributed by atoms with Gasteiger partial charge in [0.05, 0.1) is 5.52 Å². The molecule has 5 heteroatoms. The van der Waals surface area contributed by atoms with Gasteiger partial charge in [0.2, 0.25) is 0 Å². The normalized spacial score (nSPS) is 12.8. The Bertz CT molecular complexity index is 603. The lowest BCUT2D eigenvalue weighted by atomic mass is 10.0. The number of carbonyl (C=O) groups excluding carboxylic acids is 1. The first-order valence-corrected chi connectivity index (χ1v) is 6.94. The van der Waals surface area contributed by atoms with Crippen LogP contribution in [-0.2, 0) is 7.05 Å². The van der Waals surface area contributed by atoms with Gasteiger partial charge in [0.25, 0.3) is 5.91 Å². The number of fused-ring (bicyclic) bond motifs is 1. The summed E-state index contributed by atoms with van der Waals surface area (Å²) in [6.45, 7) is 4.71. The molecule has 0 aliphatic heterocycles. The highest BCUT2D eigenvalue weighted by Crippen LogP contribution is 2.17. The molecule has 2 aromatic rings. The third-order valence-electron chi connectivity index (χ3n) is 3.27. The van der Waals surface area contributed by atoms with E-state index in [0.717, 1.165) is 17.3 Å². The molecular formula is C15H22N4O. The zero-order chi connectivity index (χ0) is 14.7. The molecule has 108 valence electrons. The molecule has 0 aliphatic rings. The molecule has 2 rings (SSSR count). The highest BCUT2D eigenvalue weighted by Gasteiger charge is 2.16. The van der Waals surface area contributed by atoms with Crippen molar-refractivity contribution in [3.05, 3.63) is 30.0 Å². The van der Waals surface area contributed by atoms with Gasteiger partial charge >= 0.3 is 0 Å². The third-order valence-corrected chi connectivity index (χ3v) is 3.27. The molecule has 0 spiro atoms. The Morgan fingerprint density at radius 2 is 2.10 bits per heavy atom. The van der Waals surface area contributed by atoms with Gasteiger partial charge in [-0.2, -0.15) is 5.10 Å². The van der Waals surface area contributed by atoms with Crippen molar-refractivity contribution in [2.24, 2.45) is 18.7 Å². The number of rotatable bonds is 5. The molecule has 1 aromatic carbocycles. The first-order chi connectivity index (χ1) is 9.49. The van der Waals surface area contributed by atoms with Gasteiger partial charge in [0, 0.05) is 25.0 Å². The number of benzene rings is 1. The number of aryl methyl sites for hydroxylation is 1. The monoisotopic (exact) mass is 274 g/mol. The quantitative estimate of drug-likeness (QED) is 0.871. The van der Waals surface area contributed by atoms with E-state index >= 15 is 0 Å². The van der Waals surface area contributed by atoms with E-state index in [1.807, 2.05) is 31.3 Å². The van der Waals surface area contributed by atoms with Gasteiger partial charge < -0.3 is 11.1 Å². The minimum Gasteiger partial charge on any atom is -0.349 e. The first-order valence-electron chi connectivity index (χ1n) is 6.94. The molecule has 0 saturated heterocycles. The first kappa shape index (κ1) is 14.5. The average molecular weight is 274 g/mol. The number of aromatic nitrogens is 2. The SMILES string of the molecule is CC(C)CC(N)CNC(=O)c1nn(C)c2ccccc12. The van der Waals surface area contributed by atoms with Crippen molar-refractivity contribution < 1.29 is 4.79 Å². The lowest BCUT2D eigenvalue weighted by Gasteiger charge is -2.14. The van der Waals surface area contributed by atoms with E-state index in [4.69, 9.17) is 5.73 Å². The molecule has 1 aromatic heterocycles. The van der Waals surface area contributed by atoms with Gasteiger partial charge in [-0.3, -0.25) is 9.48 Å². The number of nitrogens with one attached hydrogen (secondary N) is 1. The Kier molecular flexibility index (Phi) is 4.39. The molecule has 3 N–H and O–H groups in total. The van der Waals surface area contributed by atoms with Crippen LogP contribution in [0.4, 0.5) is 0 Å². The zero-order valence-electron chi connectivity index (χ0n) is 12.3. The second-order valence-corrected chi connectivity index (χ2v) is 5.59. The Balaban J connectivity index is 2.08. The van der Waals surface area contributed by atoms with E-state index < -0.39 is 0 Å². The highest BCUT2D eigenvalue weighted by molar-refractivity contribution is 6.04. The van der Waals surface area contributed by atoms with Crippen LogP contribution in [0.3, 0.4) is 0 Å². The van der Waals surface area contributed by atoms with Crippen LogP contribution < -0.4 is 11.1 Å². The second-order valence-electron chi connectivity index (χ2n) is 5.59. The van der Waals surface area contributed by atoms with Crippen LogP contribution in [0, 0.1) is 5.92 Å². The van der Waals surface area contributed by atoms with Crippen molar-refractivity contribution in [3.8, 4) is 0 Å². The Labute approximate surface area is 119 Å². The molecule has 0 fully saturated rings. The summed E-state index contributed by atoms with van der Waals surface area (Å²) in [5.74, 6) is 0.360. The highest BCUT2D eigenvalue weighted by atomic mass is 16.1. The summed E-state index contributed by atoms with van der Waals surface area (Å²) in [7, 11) is 1.84. The number of nitrogens with zero attached hydrogens (tertiary/aromatic N) is 2.